The molecular weight excluding hydrogens is 592 g/mol. The van der Waals surface area contributed by atoms with Gasteiger partial charge in [0.2, 0.25) is 17.7 Å². The van der Waals surface area contributed by atoms with Gasteiger partial charge < -0.3 is 35.6 Å². The van der Waals surface area contributed by atoms with Crippen LogP contribution >= 0.6 is 21.6 Å². The number of fused-ring (bicyclic) bond motifs is 1. The largest absolute Gasteiger partial charge is 0.463 e. The Labute approximate surface area is 253 Å². The van der Waals surface area contributed by atoms with E-state index in [0.29, 0.717) is 18.6 Å². The summed E-state index contributed by atoms with van der Waals surface area (Å²) in [6, 6.07) is -1.22. The van der Waals surface area contributed by atoms with Crippen LogP contribution in [0.3, 0.4) is 0 Å². The number of hydrogen-bond acceptors (Lipinski definition) is 12. The van der Waals surface area contributed by atoms with Gasteiger partial charge in [0, 0.05) is 44.2 Å². The van der Waals surface area contributed by atoms with Gasteiger partial charge in [-0.05, 0) is 40.5 Å². The number of nitrogens with zero attached hydrogens (tertiary/aromatic N) is 2. The van der Waals surface area contributed by atoms with E-state index in [1.165, 1.54) is 10.8 Å². The highest BCUT2D eigenvalue weighted by molar-refractivity contribution is 8.77. The smallest absolute Gasteiger partial charge is 0.314 e. The van der Waals surface area contributed by atoms with Crippen LogP contribution in [0.1, 0.15) is 61.1 Å². The van der Waals surface area contributed by atoms with E-state index in [9.17, 15) is 44.1 Å². The van der Waals surface area contributed by atoms with Crippen molar-refractivity contribution < 1.29 is 50.2 Å². The highest BCUT2D eigenvalue weighted by atomic mass is 33.1. The lowest BCUT2D eigenvalue weighted by Crippen LogP contribution is -2.68. The Hall–Kier alpha value is -2.40. The average Bonchev–Trinajstić information content (AvgIpc) is 3.37. The van der Waals surface area contributed by atoms with Crippen LogP contribution in [0, 0.1) is 5.41 Å². The number of hydrogen-bond donors (Lipinski definition) is 5. The first-order valence-corrected chi connectivity index (χ1v) is 16.0. The number of imide groups is 1. The zero-order valence-corrected chi connectivity index (χ0v) is 25.7. The normalized spacial score (nSPS) is 28.5. The molecule has 0 aliphatic carbocycles. The summed E-state index contributed by atoms with van der Waals surface area (Å²) >= 11 is 0. The molecule has 0 aromatic heterocycles. The summed E-state index contributed by atoms with van der Waals surface area (Å²) in [7, 11) is 3.09. The topological polar surface area (TPSA) is 203 Å². The third-order valence-electron chi connectivity index (χ3n) is 7.45. The molecule has 3 rings (SSSR count). The molecule has 3 fully saturated rings. The van der Waals surface area contributed by atoms with Crippen LogP contribution in [0.4, 0.5) is 0 Å². The molecule has 0 aromatic rings. The number of nitrogens with one attached hydrogen (secondary N) is 2. The Morgan fingerprint density at radius 2 is 1.76 bits per heavy atom. The number of piperidine rings is 1. The van der Waals surface area contributed by atoms with E-state index in [2.05, 4.69) is 10.6 Å². The number of carbonyl (C=O) groups is 6. The van der Waals surface area contributed by atoms with Gasteiger partial charge in [0.15, 0.2) is 0 Å². The fourth-order valence-electron chi connectivity index (χ4n) is 4.64. The fourth-order valence-corrected chi connectivity index (χ4v) is 7.53. The molecule has 0 bridgehead atoms. The SMILES string of the molecule is [3H]C1CC(=O)N(CCNC(=O)CCC(C)(C)SSCCC(C)(C)C(=O)OC[C@@H]2[C@@H](O)[C@H](O)[C@H](O)[C@H]3NC(=O)C(=O)N23)C1=O. The van der Waals surface area contributed by atoms with Gasteiger partial charge in [-0.3, -0.25) is 33.7 Å². The van der Waals surface area contributed by atoms with E-state index in [1.807, 2.05) is 13.8 Å². The molecule has 3 saturated heterocycles. The Morgan fingerprint density at radius 3 is 2.40 bits per heavy atom. The molecule has 1 unspecified atom stereocenters. The predicted octanol–water partition coefficient (Wildman–Crippen LogP) is -1.10. The summed E-state index contributed by atoms with van der Waals surface area (Å²) in [6.45, 7) is 7.05. The molecule has 0 spiro atoms. The zero-order valence-electron chi connectivity index (χ0n) is 25.0. The molecule has 3 aliphatic rings. The van der Waals surface area contributed by atoms with Gasteiger partial charge in [-0.2, -0.15) is 0 Å². The van der Waals surface area contributed by atoms with Crippen LogP contribution in [0.25, 0.3) is 0 Å². The second-order valence-corrected chi connectivity index (χ2v) is 14.8. The first kappa shape index (κ1) is 32.5. The minimum atomic E-state index is -1.66. The number of ether oxygens (including phenoxy) is 1. The maximum atomic E-state index is 12.9. The highest BCUT2D eigenvalue weighted by Crippen LogP contribution is 2.40. The van der Waals surface area contributed by atoms with Gasteiger partial charge in [0.25, 0.3) is 0 Å². The van der Waals surface area contributed by atoms with Crippen LogP contribution in [0.5, 0.6) is 0 Å². The number of aliphatic hydroxyl groups is 3. The van der Waals surface area contributed by atoms with Crippen molar-refractivity contribution in [3.05, 3.63) is 0 Å². The molecule has 236 valence electrons. The summed E-state index contributed by atoms with van der Waals surface area (Å²) in [4.78, 5) is 74.6. The summed E-state index contributed by atoms with van der Waals surface area (Å²) in [5.41, 5.74) is -0.935. The van der Waals surface area contributed by atoms with E-state index in [-0.39, 0.29) is 36.6 Å². The predicted molar refractivity (Wildman–Crippen MR) is 152 cm³/mol. The fraction of sp³-hybridized carbons (Fsp3) is 0.769. The van der Waals surface area contributed by atoms with Crippen LogP contribution in [0.15, 0.2) is 0 Å². The van der Waals surface area contributed by atoms with Gasteiger partial charge in [-0.25, -0.2) is 0 Å². The quantitative estimate of drug-likeness (QED) is 0.0508. The van der Waals surface area contributed by atoms with Crippen molar-refractivity contribution in [3.63, 3.8) is 0 Å². The summed E-state index contributed by atoms with van der Waals surface area (Å²) < 4.78 is 12.6. The molecule has 42 heavy (non-hydrogen) atoms. The van der Waals surface area contributed by atoms with Crippen molar-refractivity contribution in [3.8, 4) is 0 Å². The maximum Gasteiger partial charge on any atom is 0.314 e. The number of amides is 5. The van der Waals surface area contributed by atoms with Gasteiger partial charge in [-0.1, -0.05) is 21.6 Å². The number of likely N-dealkylation sites (tertiary alicyclic amines) is 1. The summed E-state index contributed by atoms with van der Waals surface area (Å²) in [6.07, 6.45) is -6.10. The summed E-state index contributed by atoms with van der Waals surface area (Å²) in [5.74, 6) is -3.17. The molecular formula is C26H40N4O10S2. The van der Waals surface area contributed by atoms with Crippen molar-refractivity contribution in [2.24, 2.45) is 5.41 Å². The van der Waals surface area contributed by atoms with Gasteiger partial charge in [0.1, 0.15) is 31.1 Å². The van der Waals surface area contributed by atoms with Crippen molar-refractivity contribution in [2.75, 3.05) is 25.4 Å². The van der Waals surface area contributed by atoms with E-state index in [4.69, 9.17) is 6.11 Å². The highest BCUT2D eigenvalue weighted by Gasteiger charge is 2.55. The third kappa shape index (κ3) is 8.15. The van der Waals surface area contributed by atoms with Crippen molar-refractivity contribution in [2.45, 2.75) is 95.0 Å². The second-order valence-electron chi connectivity index (χ2n) is 11.7. The van der Waals surface area contributed by atoms with Crippen LogP contribution in [0.2, 0.25) is 0 Å². The van der Waals surface area contributed by atoms with Gasteiger partial charge in [0.05, 0.1) is 11.5 Å². The molecule has 6 atom stereocenters. The Balaban J connectivity index is 1.37. The molecule has 3 aliphatic heterocycles. The first-order chi connectivity index (χ1) is 20.0. The minimum absolute atomic E-state index is 0.0467. The number of rotatable bonds is 14. The molecule has 16 heteroatoms. The second kappa shape index (κ2) is 13.9. The van der Waals surface area contributed by atoms with Crippen LogP contribution in [-0.4, -0.2) is 121 Å². The van der Waals surface area contributed by atoms with E-state index >= 15 is 0 Å². The average molecular weight is 635 g/mol. The molecule has 0 radical (unpaired) electrons. The number of aliphatic hydroxyl groups excluding tert-OH is 3. The molecule has 14 nitrogen and oxygen atoms in total. The first-order valence-electron chi connectivity index (χ1n) is 14.2. The van der Waals surface area contributed by atoms with E-state index in [0.717, 1.165) is 9.80 Å². The summed E-state index contributed by atoms with van der Waals surface area (Å²) in [5, 5.41) is 35.7. The van der Waals surface area contributed by atoms with Crippen LogP contribution in [-0.2, 0) is 33.5 Å². The number of esters is 1. The molecule has 5 amide bonds. The van der Waals surface area contributed by atoms with E-state index < -0.39 is 78.5 Å². The Kier molecular flexibility index (Phi) is 10.8. The monoisotopic (exact) mass is 634 g/mol. The van der Waals surface area contributed by atoms with Crippen molar-refractivity contribution >= 4 is 57.1 Å². The number of carbonyl (C=O) groups excluding carboxylic acids is 6. The lowest BCUT2D eigenvalue weighted by atomic mass is 9.90. The van der Waals surface area contributed by atoms with Crippen LogP contribution < -0.4 is 10.6 Å². The Morgan fingerprint density at radius 1 is 1.07 bits per heavy atom. The lowest BCUT2D eigenvalue weighted by molar-refractivity contribution is -0.184. The van der Waals surface area contributed by atoms with Crippen molar-refractivity contribution in [1.82, 2.24) is 20.4 Å². The molecule has 3 heterocycles. The van der Waals surface area contributed by atoms with Gasteiger partial charge in [-0.15, -0.1) is 0 Å². The molecule has 5 N–H and O–H groups in total. The standard InChI is InChI=1S/C26H40N4O10S2/c1-25(2,24(39)40-13-14-18(34)19(35)20(36)21-28-22(37)23(38)30(14)21)9-12-41-42-26(3,4)8-7-15(31)27-10-11-29-16(32)5-6-17(29)33/h14,18-21,34-36H,5-13H2,1-4H3,(H,27,31)(H,28,37)/t14-,18-,19+,20+,21+/m1/s1/i5T/t5?,14-,18-,19+,20+,21+. The molecule has 0 saturated carbocycles. The third-order valence-corrected chi connectivity index (χ3v) is 10.8. The minimum Gasteiger partial charge on any atom is -0.463 e. The Bertz CT molecular complexity index is 1130. The van der Waals surface area contributed by atoms with E-state index in [1.54, 1.807) is 24.6 Å². The van der Waals surface area contributed by atoms with Crippen molar-refractivity contribution in [1.29, 1.82) is 0 Å². The van der Waals surface area contributed by atoms with Gasteiger partial charge >= 0.3 is 17.8 Å². The lowest BCUT2D eigenvalue weighted by Gasteiger charge is -2.44. The zero-order chi connectivity index (χ0) is 32.3. The maximum absolute atomic E-state index is 12.9. The molecule has 0 aromatic carbocycles.